The van der Waals surface area contributed by atoms with Crippen LogP contribution >= 0.6 is 0 Å². The van der Waals surface area contributed by atoms with E-state index in [-0.39, 0.29) is 20.1 Å². The minimum Gasteiger partial charge on any atom is 0 e. The van der Waals surface area contributed by atoms with Crippen LogP contribution in [0.5, 0.6) is 0 Å². The summed E-state index contributed by atoms with van der Waals surface area (Å²) in [6, 6.07) is 60.4. The topological polar surface area (TPSA) is 56.7 Å². The second-order valence-corrected chi connectivity index (χ2v) is 28.3. The Morgan fingerprint density at radius 2 is 1.41 bits per heavy atom. The van der Waals surface area contributed by atoms with Gasteiger partial charge in [-0.1, -0.05) is 95.9 Å². The number of aromatic nitrogens is 4. The molecule has 0 aliphatic heterocycles. The van der Waals surface area contributed by atoms with Crippen LogP contribution < -0.4 is 4.40 Å². The van der Waals surface area contributed by atoms with Gasteiger partial charge in [-0.15, -0.1) is 18.2 Å². The summed E-state index contributed by atoms with van der Waals surface area (Å²) in [7, 11) is 0. The number of para-hydroxylation sites is 2. The maximum atomic E-state index is 8.76. The first-order valence-corrected chi connectivity index (χ1v) is 28.5. The van der Waals surface area contributed by atoms with Gasteiger partial charge in [0.05, 0.1) is 22.4 Å². The Morgan fingerprint density at radius 3 is 2.13 bits per heavy atom. The van der Waals surface area contributed by atoms with Crippen molar-refractivity contribution >= 4 is 50.8 Å². The van der Waals surface area contributed by atoms with Crippen molar-refractivity contribution in [3.05, 3.63) is 187 Å². The Hall–Kier alpha value is -5.92. The van der Waals surface area contributed by atoms with E-state index in [2.05, 4.69) is 135 Å². The summed E-state index contributed by atoms with van der Waals surface area (Å²) in [5, 5.41) is 1.99. The van der Waals surface area contributed by atoms with Gasteiger partial charge in [-0.25, -0.2) is 4.98 Å². The number of pyridine rings is 2. The van der Waals surface area contributed by atoms with Gasteiger partial charge in [-0.2, -0.15) is 0 Å². The molecule has 1 radical (unpaired) electrons. The van der Waals surface area contributed by atoms with Gasteiger partial charge in [0.1, 0.15) is 0 Å². The first-order chi connectivity index (χ1) is 30.7. The molecule has 5 nitrogen and oxygen atoms in total. The summed E-state index contributed by atoms with van der Waals surface area (Å²) < 4.78 is 27.3. The molecule has 0 unspecified atom stereocenters. The number of aryl methyl sites for hydroxylation is 1. The molecule has 0 spiro atoms. The van der Waals surface area contributed by atoms with Crippen molar-refractivity contribution in [1.82, 2.24) is 19.5 Å². The number of benzene rings is 6. The number of rotatable bonds is 7. The predicted octanol–water partition coefficient (Wildman–Crippen LogP) is 14.1. The normalized spacial score (nSPS) is 12.4. The van der Waals surface area contributed by atoms with E-state index >= 15 is 0 Å². The zero-order valence-electron chi connectivity index (χ0n) is 38.6. The first kappa shape index (κ1) is 41.1. The molecular weight excluding hydrogens is 1010 g/mol. The molecule has 0 aliphatic carbocycles. The number of hydrogen-bond acceptors (Lipinski definition) is 4. The van der Waals surface area contributed by atoms with Crippen LogP contribution in [0.4, 0.5) is 0 Å². The third-order valence-electron chi connectivity index (χ3n) is 10.9. The van der Waals surface area contributed by atoms with Crippen LogP contribution in [-0.2, 0) is 26.5 Å². The van der Waals surface area contributed by atoms with Crippen molar-refractivity contribution in [2.75, 3.05) is 0 Å². The number of hydrogen-bond donors (Lipinski definition) is 0. The molecule has 6 aromatic carbocycles. The molecule has 0 bridgehead atoms. The van der Waals surface area contributed by atoms with Crippen molar-refractivity contribution in [2.24, 2.45) is 5.41 Å². The van der Waals surface area contributed by atoms with Crippen LogP contribution in [0.25, 0.3) is 83.7 Å². The third-order valence-corrected chi connectivity index (χ3v) is 15.1. The van der Waals surface area contributed by atoms with E-state index in [0.29, 0.717) is 5.71 Å². The summed E-state index contributed by atoms with van der Waals surface area (Å²) in [4.78, 5) is 14.5. The van der Waals surface area contributed by atoms with Gasteiger partial charge in [0.2, 0.25) is 5.71 Å². The van der Waals surface area contributed by atoms with E-state index in [9.17, 15) is 0 Å². The molecule has 315 valence electrons. The molecule has 4 heterocycles. The van der Waals surface area contributed by atoms with Crippen molar-refractivity contribution in [3.8, 4) is 50.6 Å². The molecule has 7 heteroatoms. The van der Waals surface area contributed by atoms with Gasteiger partial charge in [-0.3, -0.25) is 4.98 Å². The molecule has 10 rings (SSSR count). The van der Waals surface area contributed by atoms with Gasteiger partial charge in [0.15, 0.2) is 0 Å². The Morgan fingerprint density at radius 1 is 0.698 bits per heavy atom. The Kier molecular flexibility index (Phi) is 11.8. The van der Waals surface area contributed by atoms with Crippen LogP contribution in [0.3, 0.4) is 0 Å². The van der Waals surface area contributed by atoms with Gasteiger partial charge in [0.25, 0.3) is 0 Å². The van der Waals surface area contributed by atoms with E-state index < -0.39 is 25.1 Å². The standard InChI is InChI=1S/C37H24N3O.C19H26GeN.Ir/c1-24-19-21-30-29-15-10-16-31(35(29)41-37(30)38-24)36-39-32-17-8-9-18-33(32)40(36)34-23-27(25-11-4-2-5-12-25)20-22-28(34)26-13-6-3-7-14-26;1-19(2,3)13-16-12-18(15-10-8-7-9-11-15)21-14-17(16)20(4,5)6;/h2-15,17-23H,1H3;7-10,12,14H,13H2,1-6H3;/q2*-1;/i;13D2;. The summed E-state index contributed by atoms with van der Waals surface area (Å²) in [5.41, 5.74) is 12.6. The van der Waals surface area contributed by atoms with E-state index in [1.165, 1.54) is 0 Å². The van der Waals surface area contributed by atoms with Crippen LogP contribution in [0.15, 0.2) is 168 Å². The fraction of sp³-hybridized carbons (Fsp3) is 0.161. The van der Waals surface area contributed by atoms with Gasteiger partial charge < -0.3 is 8.98 Å². The van der Waals surface area contributed by atoms with E-state index in [1.807, 2.05) is 101 Å². The van der Waals surface area contributed by atoms with E-state index in [1.54, 1.807) is 0 Å². The fourth-order valence-electron chi connectivity index (χ4n) is 7.97. The van der Waals surface area contributed by atoms with Crippen molar-refractivity contribution in [2.45, 2.75) is 51.3 Å². The smallest absolute Gasteiger partial charge is 0 e. The minimum absolute atomic E-state index is 0. The van der Waals surface area contributed by atoms with E-state index in [0.717, 1.165) is 93.6 Å². The molecule has 63 heavy (non-hydrogen) atoms. The molecular formula is C56H50GeIrN4O-2. The first-order valence-electron chi connectivity index (χ1n) is 22.1. The summed E-state index contributed by atoms with van der Waals surface area (Å²) in [6.07, 6.45) is 0.502. The minimum atomic E-state index is -2.24. The summed E-state index contributed by atoms with van der Waals surface area (Å²) in [5.74, 6) is 7.63. The zero-order chi connectivity index (χ0) is 44.8. The van der Waals surface area contributed by atoms with Crippen LogP contribution in [0, 0.1) is 24.5 Å². The van der Waals surface area contributed by atoms with Crippen LogP contribution in [0.2, 0.25) is 17.3 Å². The Balaban J connectivity index is 0.000000206. The average molecular weight is 1060 g/mol. The molecule has 0 saturated heterocycles. The van der Waals surface area contributed by atoms with Crippen LogP contribution in [-0.4, -0.2) is 32.8 Å². The SMILES string of the molecule is Cc1ccc2c(n1)oc1c(-c3nc4ccccc4n3-c3cc(-c4ccccc4)ccc3-c3ccccc3)[c-]ccc12.[2H]C([2H])(c1cc(-c2[c-]cccc2)nc[c]1[Ge]([CH3])([CH3])[CH3])C(C)(C)C.[Ir]. The number of nitrogens with zero attached hydrogens (tertiary/aromatic N) is 4. The maximum absolute atomic E-state index is 8.76. The van der Waals surface area contributed by atoms with Gasteiger partial charge in [-0.05, 0) is 53.9 Å². The van der Waals surface area contributed by atoms with Crippen molar-refractivity contribution < 1.29 is 27.3 Å². The Labute approximate surface area is 389 Å². The molecule has 0 atom stereocenters. The fourth-order valence-corrected chi connectivity index (χ4v) is 10.9. The third kappa shape index (κ3) is 9.26. The number of furan rings is 1. The summed E-state index contributed by atoms with van der Waals surface area (Å²) in [6.45, 7) is 7.85. The van der Waals surface area contributed by atoms with Crippen molar-refractivity contribution in [3.63, 3.8) is 0 Å². The Bertz CT molecular complexity index is 3280. The largest absolute Gasteiger partial charge is 0 e. The second-order valence-electron chi connectivity index (χ2n) is 17.7. The molecule has 0 N–H and O–H groups in total. The predicted molar refractivity (Wildman–Crippen MR) is 261 cm³/mol. The summed E-state index contributed by atoms with van der Waals surface area (Å²) >= 11 is -2.24. The molecule has 4 aromatic heterocycles. The molecule has 0 saturated carbocycles. The number of imidazole rings is 1. The monoisotopic (exact) mass is 1060 g/mol. The second kappa shape index (κ2) is 18.1. The molecule has 0 amide bonds. The van der Waals surface area contributed by atoms with Gasteiger partial charge in [0, 0.05) is 42.4 Å². The van der Waals surface area contributed by atoms with Gasteiger partial charge >= 0.3 is 135 Å². The number of fused-ring (bicyclic) bond motifs is 4. The molecule has 10 aromatic rings. The quantitative estimate of drug-likeness (QED) is 0.118. The molecule has 0 fully saturated rings. The van der Waals surface area contributed by atoms with Crippen molar-refractivity contribution in [1.29, 1.82) is 0 Å². The molecule has 0 aliphatic rings. The maximum Gasteiger partial charge on any atom is 0 e. The van der Waals surface area contributed by atoms with Crippen LogP contribution in [0.1, 0.15) is 34.8 Å². The van der Waals surface area contributed by atoms with E-state index in [4.69, 9.17) is 12.1 Å². The zero-order valence-corrected chi connectivity index (χ0v) is 41.1. The average Bonchev–Trinajstić information content (AvgIpc) is 3.87.